The molecule has 1 atom stereocenters. The van der Waals surface area contributed by atoms with Crippen LogP contribution in [0.5, 0.6) is 0 Å². The smallest absolute Gasteiger partial charge is 0.352 e. The van der Waals surface area contributed by atoms with E-state index in [1.54, 1.807) is 23.2 Å². The number of rotatable bonds is 2. The van der Waals surface area contributed by atoms with Gasteiger partial charge in [0.25, 0.3) is 0 Å². The lowest BCUT2D eigenvalue weighted by Gasteiger charge is -2.40. The highest BCUT2D eigenvalue weighted by Gasteiger charge is 2.31. The first kappa shape index (κ1) is 19.5. The van der Waals surface area contributed by atoms with E-state index in [4.69, 9.17) is 0 Å². The highest BCUT2D eigenvalue weighted by Crippen LogP contribution is 2.30. The van der Waals surface area contributed by atoms with E-state index in [2.05, 4.69) is 16.4 Å². The lowest BCUT2D eigenvalue weighted by molar-refractivity contribution is -0.137. The molecular weight excluding hydrogens is 371 g/mol. The van der Waals surface area contributed by atoms with Crippen LogP contribution in [0.3, 0.4) is 0 Å². The number of urea groups is 1. The second-order valence-electron chi connectivity index (χ2n) is 6.48. The molecule has 0 aliphatic carbocycles. The monoisotopic (exact) mass is 389 g/mol. The maximum Gasteiger partial charge on any atom is 0.416 e. The van der Waals surface area contributed by atoms with Crippen molar-refractivity contribution in [1.82, 2.24) is 9.88 Å². The van der Waals surface area contributed by atoms with Crippen LogP contribution in [0, 0.1) is 11.3 Å². The lowest BCUT2D eigenvalue weighted by atomic mass is 10.1. The fourth-order valence-electron chi connectivity index (χ4n) is 3.13. The van der Waals surface area contributed by atoms with Crippen molar-refractivity contribution in [3.8, 4) is 6.07 Å². The Morgan fingerprint density at radius 3 is 2.57 bits per heavy atom. The summed E-state index contributed by atoms with van der Waals surface area (Å²) in [6.45, 7) is 3.26. The lowest BCUT2D eigenvalue weighted by Crippen LogP contribution is -2.55. The Morgan fingerprint density at radius 1 is 1.25 bits per heavy atom. The normalized spacial score (nSPS) is 17.2. The Morgan fingerprint density at radius 2 is 1.96 bits per heavy atom. The van der Waals surface area contributed by atoms with Gasteiger partial charge in [-0.2, -0.15) is 18.4 Å². The molecule has 1 aromatic carbocycles. The van der Waals surface area contributed by atoms with Crippen LogP contribution < -0.4 is 10.2 Å². The van der Waals surface area contributed by atoms with Gasteiger partial charge in [-0.3, -0.25) is 0 Å². The SMILES string of the molecule is CC1CN(c2ncccc2C#N)CCN1C(=O)Nc1ccc(C(F)(F)F)cc1. The summed E-state index contributed by atoms with van der Waals surface area (Å²) in [5.41, 5.74) is -0.00221. The van der Waals surface area contributed by atoms with Crippen molar-refractivity contribution in [2.75, 3.05) is 29.9 Å². The molecular formula is C19H18F3N5O. The van der Waals surface area contributed by atoms with Gasteiger partial charge < -0.3 is 15.1 Å². The number of carbonyl (C=O) groups is 1. The summed E-state index contributed by atoms with van der Waals surface area (Å²) in [6, 6.07) is 9.27. The zero-order valence-corrected chi connectivity index (χ0v) is 15.1. The van der Waals surface area contributed by atoms with Crippen LogP contribution >= 0.6 is 0 Å². The van der Waals surface area contributed by atoms with E-state index in [1.165, 1.54) is 12.1 Å². The fourth-order valence-corrected chi connectivity index (χ4v) is 3.13. The molecule has 6 nitrogen and oxygen atoms in total. The van der Waals surface area contributed by atoms with Gasteiger partial charge in [0, 0.05) is 37.6 Å². The van der Waals surface area contributed by atoms with Gasteiger partial charge in [-0.05, 0) is 43.3 Å². The van der Waals surface area contributed by atoms with Crippen molar-refractivity contribution in [1.29, 1.82) is 5.26 Å². The van der Waals surface area contributed by atoms with Crippen LogP contribution in [0.4, 0.5) is 29.5 Å². The number of alkyl halides is 3. The van der Waals surface area contributed by atoms with E-state index in [-0.39, 0.29) is 12.1 Å². The first-order valence-electron chi connectivity index (χ1n) is 8.64. The van der Waals surface area contributed by atoms with E-state index in [0.717, 1.165) is 12.1 Å². The van der Waals surface area contributed by atoms with E-state index in [9.17, 15) is 23.2 Å². The molecule has 146 valence electrons. The van der Waals surface area contributed by atoms with Crippen molar-refractivity contribution >= 4 is 17.5 Å². The number of hydrogen-bond acceptors (Lipinski definition) is 4. The van der Waals surface area contributed by atoms with Crippen LogP contribution in [0.2, 0.25) is 0 Å². The van der Waals surface area contributed by atoms with Crippen LogP contribution in [0.25, 0.3) is 0 Å². The topological polar surface area (TPSA) is 72.3 Å². The third-order valence-corrected chi connectivity index (χ3v) is 4.56. The first-order chi connectivity index (χ1) is 13.3. The van der Waals surface area contributed by atoms with Crippen molar-refractivity contribution in [2.45, 2.75) is 19.1 Å². The zero-order chi connectivity index (χ0) is 20.3. The summed E-state index contributed by atoms with van der Waals surface area (Å²) in [6.07, 6.45) is -2.80. The molecule has 0 radical (unpaired) electrons. The second kappa shape index (κ2) is 7.76. The van der Waals surface area contributed by atoms with E-state index >= 15 is 0 Å². The van der Waals surface area contributed by atoms with Crippen LogP contribution in [-0.4, -0.2) is 41.6 Å². The first-order valence-corrected chi connectivity index (χ1v) is 8.64. The minimum atomic E-state index is -4.42. The molecule has 1 N–H and O–H groups in total. The second-order valence-corrected chi connectivity index (χ2v) is 6.48. The summed E-state index contributed by atoms with van der Waals surface area (Å²) in [4.78, 5) is 20.4. The number of nitriles is 1. The molecule has 1 aliphatic rings. The van der Waals surface area contributed by atoms with Gasteiger partial charge in [-0.1, -0.05) is 0 Å². The Balaban J connectivity index is 1.64. The number of benzene rings is 1. The average molecular weight is 389 g/mol. The van der Waals surface area contributed by atoms with Crippen LogP contribution in [0.15, 0.2) is 42.6 Å². The number of halogens is 3. The van der Waals surface area contributed by atoms with Gasteiger partial charge in [0.05, 0.1) is 11.1 Å². The van der Waals surface area contributed by atoms with Gasteiger partial charge in [0.15, 0.2) is 0 Å². The summed E-state index contributed by atoms with van der Waals surface area (Å²) in [5.74, 6) is 0.583. The van der Waals surface area contributed by atoms with Gasteiger partial charge >= 0.3 is 12.2 Å². The van der Waals surface area contributed by atoms with Crippen molar-refractivity contribution < 1.29 is 18.0 Å². The van der Waals surface area contributed by atoms with E-state index in [1.807, 2.05) is 11.8 Å². The number of hydrogen-bond donors (Lipinski definition) is 1. The number of carbonyl (C=O) groups excluding carboxylic acids is 1. The summed E-state index contributed by atoms with van der Waals surface area (Å²) < 4.78 is 37.9. The number of nitrogens with one attached hydrogen (secondary N) is 1. The van der Waals surface area contributed by atoms with E-state index < -0.39 is 11.7 Å². The third kappa shape index (κ3) is 4.17. The number of pyridine rings is 1. The quantitative estimate of drug-likeness (QED) is 0.850. The van der Waals surface area contributed by atoms with Gasteiger partial charge in [0.2, 0.25) is 0 Å². The molecule has 0 bridgehead atoms. The van der Waals surface area contributed by atoms with Gasteiger partial charge in [0.1, 0.15) is 11.9 Å². The Labute approximate surface area is 160 Å². The third-order valence-electron chi connectivity index (χ3n) is 4.56. The fraction of sp³-hybridized carbons (Fsp3) is 0.316. The predicted molar refractivity (Wildman–Crippen MR) is 97.8 cm³/mol. The number of amides is 2. The average Bonchev–Trinajstić information content (AvgIpc) is 2.67. The Bertz CT molecular complexity index is 892. The molecule has 1 unspecified atom stereocenters. The maximum atomic E-state index is 12.6. The predicted octanol–water partition coefficient (Wildman–Crippen LogP) is 3.71. The molecule has 2 amide bonds. The summed E-state index contributed by atoms with van der Waals surface area (Å²) >= 11 is 0. The molecule has 1 aromatic heterocycles. The van der Waals surface area contributed by atoms with Crippen LogP contribution in [0.1, 0.15) is 18.1 Å². The standard InChI is InChI=1S/C19H18F3N5O/c1-13-12-26(17-14(11-23)3-2-8-24-17)9-10-27(13)18(28)25-16-6-4-15(5-7-16)19(20,21)22/h2-8,13H,9-10,12H2,1H3,(H,25,28). The molecule has 1 aliphatic heterocycles. The number of nitrogens with zero attached hydrogens (tertiary/aromatic N) is 4. The number of piperazine rings is 1. The largest absolute Gasteiger partial charge is 0.416 e. The molecule has 0 saturated carbocycles. The maximum absolute atomic E-state index is 12.6. The minimum Gasteiger partial charge on any atom is -0.352 e. The molecule has 3 rings (SSSR count). The van der Waals surface area contributed by atoms with E-state index in [0.29, 0.717) is 36.7 Å². The van der Waals surface area contributed by atoms with Gasteiger partial charge in [-0.15, -0.1) is 0 Å². The van der Waals surface area contributed by atoms with Gasteiger partial charge in [-0.25, -0.2) is 9.78 Å². The van der Waals surface area contributed by atoms with Crippen molar-refractivity contribution in [3.63, 3.8) is 0 Å². The molecule has 1 fully saturated rings. The Kier molecular flexibility index (Phi) is 5.40. The molecule has 2 heterocycles. The van der Waals surface area contributed by atoms with Crippen molar-refractivity contribution in [3.05, 3.63) is 53.7 Å². The molecule has 28 heavy (non-hydrogen) atoms. The summed E-state index contributed by atoms with van der Waals surface area (Å²) in [5, 5.41) is 11.9. The highest BCUT2D eigenvalue weighted by atomic mass is 19.4. The van der Waals surface area contributed by atoms with Crippen molar-refractivity contribution in [2.24, 2.45) is 0 Å². The molecule has 9 heteroatoms. The minimum absolute atomic E-state index is 0.170. The molecule has 1 saturated heterocycles. The van der Waals surface area contributed by atoms with Crippen LogP contribution in [-0.2, 0) is 6.18 Å². The highest BCUT2D eigenvalue weighted by molar-refractivity contribution is 5.89. The summed E-state index contributed by atoms with van der Waals surface area (Å²) in [7, 11) is 0. The number of anilines is 2. The molecule has 0 spiro atoms. The molecule has 2 aromatic rings. The zero-order valence-electron chi connectivity index (χ0n) is 15.1. The Hall–Kier alpha value is -3.28. The number of aromatic nitrogens is 1.